The number of benzene rings is 3. The van der Waals surface area contributed by atoms with Gasteiger partial charge >= 0.3 is 12.2 Å². The number of hydrogen-bond acceptors (Lipinski definition) is 11. The average molecular weight is 1140 g/mol. The zero-order chi connectivity index (χ0) is 56.2. The quantitative estimate of drug-likeness (QED) is 0.0940. The lowest BCUT2D eigenvalue weighted by molar-refractivity contribution is 0.0559. The maximum absolute atomic E-state index is 14.0. The first-order valence-corrected chi connectivity index (χ1v) is 26.4. The van der Waals surface area contributed by atoms with E-state index in [0.717, 1.165) is 70.2 Å². The van der Waals surface area contributed by atoms with Crippen LogP contribution >= 0.6 is 15.9 Å². The number of amides is 4. The Labute approximate surface area is 460 Å². The Balaban J connectivity index is 0.000000210. The van der Waals surface area contributed by atoms with Gasteiger partial charge in [-0.25, -0.2) is 28.3 Å². The van der Waals surface area contributed by atoms with Crippen molar-refractivity contribution in [1.29, 1.82) is 0 Å². The Bertz CT molecular complexity index is 3380. The van der Waals surface area contributed by atoms with Gasteiger partial charge in [-0.2, -0.15) is 0 Å². The number of aromatic nitrogens is 4. The zero-order valence-corrected chi connectivity index (χ0v) is 47.0. The highest BCUT2D eigenvalue weighted by molar-refractivity contribution is 9.10. The minimum absolute atomic E-state index is 0.0362. The van der Waals surface area contributed by atoms with Crippen molar-refractivity contribution >= 4 is 62.6 Å². The van der Waals surface area contributed by atoms with Crippen molar-refractivity contribution in [3.8, 4) is 34.0 Å². The molecule has 0 unspecified atom stereocenters. The summed E-state index contributed by atoms with van der Waals surface area (Å²) in [6.45, 7) is 15.6. The number of nitrogens with one attached hydrogen (secondary N) is 2. The molecule has 0 aliphatic heterocycles. The van der Waals surface area contributed by atoms with Crippen LogP contribution in [0.4, 0.5) is 29.7 Å². The Morgan fingerprint density at radius 2 is 1.09 bits per heavy atom. The largest absolute Gasteiger partial charge is 0.456 e. The van der Waals surface area contributed by atoms with Crippen molar-refractivity contribution in [2.45, 2.75) is 104 Å². The Morgan fingerprint density at radius 1 is 0.628 bits per heavy atom. The number of methoxy groups -OCH3 is 2. The van der Waals surface area contributed by atoms with Crippen LogP contribution in [-0.2, 0) is 18.9 Å². The van der Waals surface area contributed by atoms with Gasteiger partial charge in [0.25, 0.3) is 11.8 Å². The predicted molar refractivity (Wildman–Crippen MR) is 297 cm³/mol. The third-order valence-corrected chi connectivity index (χ3v) is 12.9. The molecule has 412 valence electrons. The third kappa shape index (κ3) is 14.0. The van der Waals surface area contributed by atoms with Gasteiger partial charge in [0, 0.05) is 71.4 Å². The van der Waals surface area contributed by atoms with E-state index >= 15 is 0 Å². The number of aryl methyl sites for hydroxylation is 2. The number of fused-ring (bicyclic) bond motifs is 2. The highest BCUT2D eigenvalue weighted by Gasteiger charge is 2.30. The minimum atomic E-state index is -1.06. The molecule has 2 fully saturated rings. The van der Waals surface area contributed by atoms with Crippen LogP contribution in [0.5, 0.6) is 11.5 Å². The van der Waals surface area contributed by atoms with E-state index in [1.165, 1.54) is 18.1 Å². The van der Waals surface area contributed by atoms with E-state index in [4.69, 9.17) is 23.7 Å². The first kappa shape index (κ1) is 56.8. The molecule has 3 aromatic carbocycles. The summed E-state index contributed by atoms with van der Waals surface area (Å²) in [5, 5.41) is 6.06. The molecule has 7 aromatic rings. The van der Waals surface area contributed by atoms with Gasteiger partial charge in [-0.05, 0) is 151 Å². The number of carbonyl (C=O) groups excluding carboxylic acids is 4. The van der Waals surface area contributed by atoms with Crippen molar-refractivity contribution < 1.29 is 51.6 Å². The van der Waals surface area contributed by atoms with Crippen LogP contribution in [-0.4, -0.2) is 107 Å². The molecule has 2 N–H and O–H groups in total. The molecule has 0 radical (unpaired) electrons. The molecular weight excluding hydrogens is 1070 g/mol. The molecule has 9 rings (SSSR count). The smallest absolute Gasteiger partial charge is 0.415 e. The first-order valence-electron chi connectivity index (χ1n) is 25.6. The van der Waals surface area contributed by atoms with Crippen LogP contribution in [0.15, 0.2) is 96.0 Å². The summed E-state index contributed by atoms with van der Waals surface area (Å²) >= 11 is 3.58. The lowest BCUT2D eigenvalue weighted by Gasteiger charge is -2.28. The first-order chi connectivity index (χ1) is 37.0. The van der Waals surface area contributed by atoms with Crippen molar-refractivity contribution in [3.63, 3.8) is 0 Å². The van der Waals surface area contributed by atoms with Gasteiger partial charge in [0.05, 0.1) is 67.7 Å². The number of nitrogens with zero attached hydrogens (tertiary/aromatic N) is 6. The second-order valence-electron chi connectivity index (χ2n) is 21.3. The summed E-state index contributed by atoms with van der Waals surface area (Å²) in [6, 6.07) is 18.5. The molecule has 17 nitrogen and oxygen atoms in total. The standard InChI is InChI=1S/C32H34F2N4O5.C26H31BrN4O4/c1-19-14-20(6-10-24(19)30(39)36-21-7-8-21)28-17-35-29-27(37(12-13-41-5)31(40)43-32(2,3)4)16-23(18-38(28)29)42-22-9-11-25(33)26(34)15-22;1-16-12-17(6-9-20(16)24(32)29-19-7-8-19)22-14-28-23-21(13-18(27)15-31(22)23)30(10-11-34-5)25(33)35-26(2,3)4/h6,9-11,14-18,21H,7-8,12-13H2,1-5H3,(H,36,39);6,9,12-15,19H,7-8,10-11H2,1-5H3,(H,29,32). The Morgan fingerprint density at radius 3 is 1.51 bits per heavy atom. The summed E-state index contributed by atoms with van der Waals surface area (Å²) in [5.41, 5.74) is 6.70. The lowest BCUT2D eigenvalue weighted by Crippen LogP contribution is -2.39. The van der Waals surface area contributed by atoms with E-state index < -0.39 is 35.0 Å². The molecule has 0 saturated heterocycles. The summed E-state index contributed by atoms with van der Waals surface area (Å²) in [7, 11) is 3.12. The molecular formula is C58H65BrF2N8O9. The second-order valence-corrected chi connectivity index (χ2v) is 22.2. The van der Waals surface area contributed by atoms with Gasteiger partial charge in [-0.1, -0.05) is 12.1 Å². The van der Waals surface area contributed by atoms with Crippen molar-refractivity contribution in [2.75, 3.05) is 50.3 Å². The predicted octanol–water partition coefficient (Wildman–Crippen LogP) is 12.0. The van der Waals surface area contributed by atoms with Crippen molar-refractivity contribution in [3.05, 3.63) is 130 Å². The number of ether oxygens (including phenoxy) is 5. The van der Waals surface area contributed by atoms with Gasteiger partial charge in [-0.15, -0.1) is 0 Å². The molecule has 2 saturated carbocycles. The summed E-state index contributed by atoms with van der Waals surface area (Å²) in [6.07, 6.45) is 9.97. The maximum Gasteiger partial charge on any atom is 0.415 e. The van der Waals surface area contributed by atoms with Gasteiger partial charge < -0.3 is 34.3 Å². The Hall–Kier alpha value is -7.42. The molecule has 0 atom stereocenters. The van der Waals surface area contributed by atoms with Gasteiger partial charge in [0.15, 0.2) is 22.9 Å². The SMILES string of the molecule is COCCN(C(=O)OC(C)(C)C)c1cc(Br)cn2c(-c3ccc(C(=O)NC4CC4)c(C)c3)cnc12.COCCN(C(=O)OC(C)(C)C)c1cc(Oc2ccc(F)c(F)c2)cn2c(-c3ccc(C(=O)NC4CC4)c(C)c3)cnc12. The van der Waals surface area contributed by atoms with Crippen LogP contribution < -0.4 is 25.2 Å². The normalized spacial score (nSPS) is 13.4. The van der Waals surface area contributed by atoms with Gasteiger partial charge in [0.1, 0.15) is 22.7 Å². The van der Waals surface area contributed by atoms with E-state index in [0.29, 0.717) is 58.7 Å². The van der Waals surface area contributed by atoms with Crippen molar-refractivity contribution in [2.24, 2.45) is 0 Å². The zero-order valence-electron chi connectivity index (χ0n) is 45.5. The highest BCUT2D eigenvalue weighted by Crippen LogP contribution is 2.36. The number of carbonyl (C=O) groups is 4. The van der Waals surface area contributed by atoms with Crippen LogP contribution in [0, 0.1) is 25.5 Å². The van der Waals surface area contributed by atoms with Crippen LogP contribution in [0.25, 0.3) is 33.8 Å². The van der Waals surface area contributed by atoms with E-state index in [2.05, 4.69) is 36.5 Å². The van der Waals surface area contributed by atoms with Crippen LogP contribution in [0.1, 0.15) is 99.1 Å². The molecule has 0 bridgehead atoms. The minimum Gasteiger partial charge on any atom is -0.456 e. The summed E-state index contributed by atoms with van der Waals surface area (Å²) in [5.74, 6) is -1.91. The lowest BCUT2D eigenvalue weighted by atomic mass is 10.0. The number of hydrogen-bond donors (Lipinski definition) is 2. The topological polar surface area (TPSA) is 180 Å². The van der Waals surface area contributed by atoms with Gasteiger partial charge in [-0.3, -0.25) is 28.2 Å². The van der Waals surface area contributed by atoms with E-state index in [9.17, 15) is 28.0 Å². The molecule has 4 heterocycles. The molecule has 0 spiro atoms. The fraction of sp³-hybridized carbons (Fsp3) is 0.379. The fourth-order valence-electron chi connectivity index (χ4n) is 8.39. The molecule has 4 aromatic heterocycles. The molecule has 4 amide bonds. The van der Waals surface area contributed by atoms with E-state index in [-0.39, 0.29) is 42.5 Å². The maximum atomic E-state index is 14.0. The monoisotopic (exact) mass is 1130 g/mol. The molecule has 2 aliphatic rings. The van der Waals surface area contributed by atoms with Crippen LogP contribution in [0.3, 0.4) is 0 Å². The summed E-state index contributed by atoms with van der Waals surface area (Å²) < 4.78 is 59.9. The molecule has 20 heteroatoms. The molecule has 2 aliphatic carbocycles. The fourth-order valence-corrected chi connectivity index (χ4v) is 8.82. The third-order valence-electron chi connectivity index (χ3n) is 12.4. The van der Waals surface area contributed by atoms with Crippen LogP contribution in [0.2, 0.25) is 0 Å². The number of imidazole rings is 2. The number of anilines is 2. The van der Waals surface area contributed by atoms with Gasteiger partial charge in [0.2, 0.25) is 0 Å². The highest BCUT2D eigenvalue weighted by atomic mass is 79.9. The number of pyridine rings is 2. The summed E-state index contributed by atoms with van der Waals surface area (Å²) in [4.78, 5) is 64.0. The molecule has 78 heavy (non-hydrogen) atoms. The number of rotatable bonds is 16. The average Bonchev–Trinajstić information content (AvgIpc) is 4.34. The second kappa shape index (κ2) is 23.7. The Kier molecular flexibility index (Phi) is 17.2. The van der Waals surface area contributed by atoms with E-state index in [1.807, 2.05) is 81.6 Å². The van der Waals surface area contributed by atoms with Crippen molar-refractivity contribution in [1.82, 2.24) is 29.4 Å². The van der Waals surface area contributed by atoms with E-state index in [1.54, 1.807) is 67.9 Å². The number of halogens is 3.